The van der Waals surface area contributed by atoms with Gasteiger partial charge in [0.25, 0.3) is 11.8 Å². The van der Waals surface area contributed by atoms with Gasteiger partial charge in [-0.2, -0.15) is 0 Å². The summed E-state index contributed by atoms with van der Waals surface area (Å²) in [5, 5.41) is 12.5. The first-order valence-electron chi connectivity index (χ1n) is 6.91. The number of rotatable bonds is 3. The van der Waals surface area contributed by atoms with Gasteiger partial charge in [-0.15, -0.1) is 0 Å². The van der Waals surface area contributed by atoms with Gasteiger partial charge >= 0.3 is 0 Å². The molecule has 0 atom stereocenters. The number of imide groups is 1. The molecule has 0 bridgehead atoms. The lowest BCUT2D eigenvalue weighted by atomic mass is 10.1. The van der Waals surface area contributed by atoms with Crippen LogP contribution in [0.25, 0.3) is 0 Å². The molecule has 2 aromatic rings. The molecule has 1 aliphatic rings. The molecule has 0 aliphatic carbocycles. The number of amides is 2. The molecule has 0 saturated heterocycles. The number of nitrogens with zero attached hydrogens (tertiary/aromatic N) is 1. The maximum Gasteiger partial charge on any atom is 0.261 e. The third-order valence-corrected chi connectivity index (χ3v) is 3.99. The molecule has 0 aromatic heterocycles. The molecule has 0 radical (unpaired) electrons. The van der Waals surface area contributed by atoms with Crippen molar-refractivity contribution in [1.29, 1.82) is 0 Å². The molecule has 2 amide bonds. The highest BCUT2D eigenvalue weighted by molar-refractivity contribution is 7.80. The van der Waals surface area contributed by atoms with Gasteiger partial charge in [-0.1, -0.05) is 23.7 Å². The molecule has 0 fully saturated rings. The van der Waals surface area contributed by atoms with Crippen molar-refractivity contribution in [2.45, 2.75) is 6.54 Å². The molecule has 6 nitrogen and oxygen atoms in total. The zero-order valence-corrected chi connectivity index (χ0v) is 13.8. The molecule has 3 rings (SSSR count). The fourth-order valence-electron chi connectivity index (χ4n) is 2.54. The zero-order chi connectivity index (χ0) is 17.4. The maximum absolute atomic E-state index is 12.4. The lowest BCUT2D eigenvalue weighted by molar-refractivity contribution is 0.0642. The zero-order valence-electron chi connectivity index (χ0n) is 12.2. The first kappa shape index (κ1) is 16.2. The second-order valence-electron chi connectivity index (χ2n) is 5.21. The number of carbonyl (C=O) groups excluding carboxylic acids is 2. The number of phenols is 1. The molecule has 1 aliphatic heterocycles. The summed E-state index contributed by atoms with van der Waals surface area (Å²) >= 11 is 10.7. The Bertz CT molecular complexity index is 850. The van der Waals surface area contributed by atoms with Crippen LogP contribution in [-0.4, -0.2) is 26.9 Å². The highest BCUT2D eigenvalue weighted by Gasteiger charge is 2.35. The number of thiocarbonyl (C=S) groups is 1. The van der Waals surface area contributed by atoms with E-state index in [0.717, 1.165) is 4.90 Å². The standard InChI is InChI=1S/C16H12ClN3O3S/c17-11-5-8(6-12(13(11)21)19-16(18)24)7-20-14(22)9-3-1-2-4-10(9)15(20)23/h1-6,21H,7H2,(H3,18,19,24). The summed E-state index contributed by atoms with van der Waals surface area (Å²) < 4.78 is 0. The van der Waals surface area contributed by atoms with E-state index >= 15 is 0 Å². The first-order chi connectivity index (χ1) is 11.4. The number of carbonyl (C=O) groups is 2. The highest BCUT2D eigenvalue weighted by Crippen LogP contribution is 2.34. The van der Waals surface area contributed by atoms with E-state index in [0.29, 0.717) is 16.7 Å². The number of hydrogen-bond donors (Lipinski definition) is 3. The van der Waals surface area contributed by atoms with Crippen molar-refractivity contribution >= 4 is 46.4 Å². The number of hydrogen-bond acceptors (Lipinski definition) is 4. The number of phenolic OH excluding ortho intramolecular Hbond substituents is 1. The van der Waals surface area contributed by atoms with E-state index in [4.69, 9.17) is 29.6 Å². The summed E-state index contributed by atoms with van der Waals surface area (Å²) in [6.45, 7) is 0.0123. The highest BCUT2D eigenvalue weighted by atomic mass is 35.5. The molecule has 0 saturated carbocycles. The van der Waals surface area contributed by atoms with E-state index < -0.39 is 0 Å². The van der Waals surface area contributed by atoms with Crippen LogP contribution in [0.3, 0.4) is 0 Å². The largest absolute Gasteiger partial charge is 0.504 e. The van der Waals surface area contributed by atoms with Crippen LogP contribution in [0.1, 0.15) is 26.3 Å². The van der Waals surface area contributed by atoms with Crippen LogP contribution in [0, 0.1) is 0 Å². The molecule has 2 aromatic carbocycles. The van der Waals surface area contributed by atoms with Crippen LogP contribution in [-0.2, 0) is 6.54 Å². The van der Waals surface area contributed by atoms with Gasteiger partial charge in [0, 0.05) is 0 Å². The maximum atomic E-state index is 12.4. The van der Waals surface area contributed by atoms with Gasteiger partial charge in [0.15, 0.2) is 10.9 Å². The summed E-state index contributed by atoms with van der Waals surface area (Å²) in [6.07, 6.45) is 0. The van der Waals surface area contributed by atoms with Gasteiger partial charge in [-0.25, -0.2) is 0 Å². The van der Waals surface area contributed by atoms with Gasteiger partial charge in [0.05, 0.1) is 28.4 Å². The molecule has 1 heterocycles. The second kappa shape index (κ2) is 6.10. The Hall–Kier alpha value is -2.64. The Balaban J connectivity index is 1.93. The number of fused-ring (bicyclic) bond motifs is 1. The minimum atomic E-state index is -0.372. The van der Waals surface area contributed by atoms with Gasteiger partial charge in [-0.3, -0.25) is 14.5 Å². The molecule has 0 unspecified atom stereocenters. The van der Waals surface area contributed by atoms with Gasteiger partial charge in [-0.05, 0) is 42.0 Å². The van der Waals surface area contributed by atoms with Crippen LogP contribution >= 0.6 is 23.8 Å². The third-order valence-electron chi connectivity index (χ3n) is 3.60. The molecule has 0 spiro atoms. The van der Waals surface area contributed by atoms with Crippen molar-refractivity contribution in [3.8, 4) is 5.75 Å². The fraction of sp³-hybridized carbons (Fsp3) is 0.0625. The van der Waals surface area contributed by atoms with Crippen LogP contribution in [0.15, 0.2) is 36.4 Å². The van der Waals surface area contributed by atoms with E-state index in [1.165, 1.54) is 12.1 Å². The molecular weight excluding hydrogens is 350 g/mol. The fourth-order valence-corrected chi connectivity index (χ4v) is 2.89. The predicted molar refractivity (Wildman–Crippen MR) is 94.2 cm³/mol. The summed E-state index contributed by atoms with van der Waals surface area (Å²) in [5.41, 5.74) is 6.90. The average molecular weight is 362 g/mol. The Morgan fingerprint density at radius 3 is 2.33 bits per heavy atom. The van der Waals surface area contributed by atoms with Gasteiger partial charge in [0.1, 0.15) is 0 Å². The summed E-state index contributed by atoms with van der Waals surface area (Å²) in [4.78, 5) is 25.9. The van der Waals surface area contributed by atoms with Crippen LogP contribution < -0.4 is 11.1 Å². The summed E-state index contributed by atoms with van der Waals surface area (Å²) in [5.74, 6) is -0.956. The van der Waals surface area contributed by atoms with Crippen molar-refractivity contribution in [1.82, 2.24) is 4.90 Å². The summed E-state index contributed by atoms with van der Waals surface area (Å²) in [6, 6.07) is 9.64. The number of nitrogens with two attached hydrogens (primary N) is 1. The van der Waals surface area contributed by atoms with Crippen molar-refractivity contribution in [3.63, 3.8) is 0 Å². The van der Waals surface area contributed by atoms with E-state index in [2.05, 4.69) is 5.32 Å². The molecule has 8 heteroatoms. The number of aromatic hydroxyl groups is 1. The molecule has 24 heavy (non-hydrogen) atoms. The van der Waals surface area contributed by atoms with Crippen molar-refractivity contribution in [3.05, 3.63) is 58.1 Å². The number of benzene rings is 2. The van der Waals surface area contributed by atoms with Gasteiger partial charge in [0.2, 0.25) is 0 Å². The Labute approximate surface area is 147 Å². The van der Waals surface area contributed by atoms with Crippen molar-refractivity contribution in [2.75, 3.05) is 5.32 Å². The first-order valence-corrected chi connectivity index (χ1v) is 7.70. The van der Waals surface area contributed by atoms with Gasteiger partial charge < -0.3 is 16.2 Å². The van der Waals surface area contributed by atoms with Crippen LogP contribution in [0.5, 0.6) is 5.75 Å². The van der Waals surface area contributed by atoms with Crippen molar-refractivity contribution in [2.24, 2.45) is 5.73 Å². The minimum absolute atomic E-state index is 0.0123. The van der Waals surface area contributed by atoms with E-state index in [9.17, 15) is 14.7 Å². The lowest BCUT2D eigenvalue weighted by Crippen LogP contribution is -2.29. The van der Waals surface area contributed by atoms with Crippen molar-refractivity contribution < 1.29 is 14.7 Å². The predicted octanol–water partition coefficient (Wildman–Crippen LogP) is 2.50. The Kier molecular flexibility index (Phi) is 4.13. The monoisotopic (exact) mass is 361 g/mol. The lowest BCUT2D eigenvalue weighted by Gasteiger charge is -2.16. The van der Waals surface area contributed by atoms with E-state index in [-0.39, 0.29) is 39.9 Å². The minimum Gasteiger partial charge on any atom is -0.504 e. The molecule has 4 N–H and O–H groups in total. The van der Waals surface area contributed by atoms with Crippen LogP contribution in [0.4, 0.5) is 5.69 Å². The Morgan fingerprint density at radius 1 is 1.21 bits per heavy atom. The SMILES string of the molecule is NC(=S)Nc1cc(CN2C(=O)c3ccccc3C2=O)cc(Cl)c1O. The Morgan fingerprint density at radius 2 is 1.79 bits per heavy atom. The molecular formula is C16H12ClN3O3S. The number of nitrogens with one attached hydrogen (secondary N) is 1. The van der Waals surface area contributed by atoms with E-state index in [1.807, 2.05) is 0 Å². The van der Waals surface area contributed by atoms with Crippen LogP contribution in [0.2, 0.25) is 5.02 Å². The number of halogens is 1. The summed E-state index contributed by atoms with van der Waals surface area (Å²) in [7, 11) is 0. The molecule has 122 valence electrons. The average Bonchev–Trinajstić information content (AvgIpc) is 2.77. The third kappa shape index (κ3) is 2.79. The smallest absolute Gasteiger partial charge is 0.261 e. The second-order valence-corrected chi connectivity index (χ2v) is 6.05. The topological polar surface area (TPSA) is 95.7 Å². The van der Waals surface area contributed by atoms with E-state index in [1.54, 1.807) is 24.3 Å². The quantitative estimate of drug-likeness (QED) is 0.441. The number of anilines is 1. The normalized spacial score (nSPS) is 13.1.